The minimum absolute atomic E-state index is 0.482. The number of unbranched alkanes of at least 4 members (excludes halogenated alkanes) is 4. The van der Waals surface area contributed by atoms with Gasteiger partial charge >= 0.3 is 0 Å². The number of ether oxygens (including phenoxy) is 2. The average Bonchev–Trinajstić information content (AvgIpc) is 2.49. The van der Waals surface area contributed by atoms with Crippen molar-refractivity contribution in [2.24, 2.45) is 0 Å². The van der Waals surface area contributed by atoms with Crippen LogP contribution in [0.25, 0.3) is 0 Å². The zero-order valence-corrected chi connectivity index (χ0v) is 14.1. The van der Waals surface area contributed by atoms with Gasteiger partial charge < -0.3 is 14.8 Å². The molecule has 3 nitrogen and oxygen atoms in total. The first kappa shape index (κ1) is 17.8. The Balaban J connectivity index is 2.43. The van der Waals surface area contributed by atoms with Gasteiger partial charge in [0.25, 0.3) is 0 Å². The van der Waals surface area contributed by atoms with E-state index < -0.39 is 0 Å². The van der Waals surface area contributed by atoms with Crippen molar-refractivity contribution < 1.29 is 9.47 Å². The van der Waals surface area contributed by atoms with Crippen molar-refractivity contribution in [2.75, 3.05) is 13.7 Å². The number of nitrogens with one attached hydrogen (secondary N) is 1. The lowest BCUT2D eigenvalue weighted by Crippen LogP contribution is -2.21. The van der Waals surface area contributed by atoms with Crippen molar-refractivity contribution >= 4 is 0 Å². The predicted molar refractivity (Wildman–Crippen MR) is 89.2 cm³/mol. The van der Waals surface area contributed by atoms with E-state index in [9.17, 15) is 0 Å². The summed E-state index contributed by atoms with van der Waals surface area (Å²) >= 11 is 0. The third-order valence-corrected chi connectivity index (χ3v) is 3.45. The third kappa shape index (κ3) is 7.37. The summed E-state index contributed by atoms with van der Waals surface area (Å²) in [7, 11) is 1.70. The highest BCUT2D eigenvalue weighted by Gasteiger charge is 2.06. The van der Waals surface area contributed by atoms with Gasteiger partial charge in [-0.05, 0) is 24.1 Å². The molecule has 0 aliphatic rings. The van der Waals surface area contributed by atoms with Crippen molar-refractivity contribution in [3.8, 4) is 11.5 Å². The van der Waals surface area contributed by atoms with E-state index in [4.69, 9.17) is 9.47 Å². The van der Waals surface area contributed by atoms with Crippen molar-refractivity contribution in [2.45, 2.75) is 65.5 Å². The number of methoxy groups -OCH3 is 1. The predicted octanol–water partition coefficient (Wildman–Crippen LogP) is 4.54. The van der Waals surface area contributed by atoms with E-state index in [2.05, 4.69) is 38.2 Å². The maximum atomic E-state index is 5.84. The summed E-state index contributed by atoms with van der Waals surface area (Å²) in [6.45, 7) is 8.15. The number of rotatable bonds is 11. The molecular formula is C18H31NO2. The molecule has 0 atom stereocenters. The Bertz CT molecular complexity index is 391. The maximum Gasteiger partial charge on any atom is 0.161 e. The molecule has 0 saturated carbocycles. The molecule has 3 heteroatoms. The Labute approximate surface area is 130 Å². The molecule has 1 aromatic carbocycles. The molecule has 0 aliphatic heterocycles. The molecule has 0 radical (unpaired) electrons. The molecule has 0 heterocycles. The maximum absolute atomic E-state index is 5.84. The lowest BCUT2D eigenvalue weighted by molar-refractivity contribution is 0.284. The first-order valence-electron chi connectivity index (χ1n) is 8.20. The van der Waals surface area contributed by atoms with Gasteiger partial charge in [0, 0.05) is 12.6 Å². The Kier molecular flexibility index (Phi) is 8.91. The normalized spacial score (nSPS) is 10.9. The third-order valence-electron chi connectivity index (χ3n) is 3.45. The van der Waals surface area contributed by atoms with Crippen LogP contribution < -0.4 is 14.8 Å². The molecule has 0 bridgehead atoms. The fourth-order valence-electron chi connectivity index (χ4n) is 2.15. The van der Waals surface area contributed by atoms with E-state index in [0.717, 1.165) is 31.1 Å². The smallest absolute Gasteiger partial charge is 0.161 e. The Morgan fingerprint density at radius 2 is 1.81 bits per heavy atom. The van der Waals surface area contributed by atoms with Gasteiger partial charge in [0.2, 0.25) is 0 Å². The fourth-order valence-corrected chi connectivity index (χ4v) is 2.15. The standard InChI is InChI=1S/C18H31NO2/c1-5-6-7-8-9-12-21-17-11-10-16(13-18(17)20-4)14-19-15(2)3/h10-11,13,15,19H,5-9,12,14H2,1-4H3. The van der Waals surface area contributed by atoms with Crippen LogP contribution in [0.1, 0.15) is 58.4 Å². The Morgan fingerprint density at radius 1 is 1.05 bits per heavy atom. The van der Waals surface area contributed by atoms with Crippen LogP contribution >= 0.6 is 0 Å². The van der Waals surface area contributed by atoms with Crippen LogP contribution in [0.15, 0.2) is 18.2 Å². The van der Waals surface area contributed by atoms with Crippen LogP contribution in [0.3, 0.4) is 0 Å². The summed E-state index contributed by atoms with van der Waals surface area (Å²) < 4.78 is 11.3. The second kappa shape index (κ2) is 10.5. The van der Waals surface area contributed by atoms with Gasteiger partial charge in [-0.25, -0.2) is 0 Å². The van der Waals surface area contributed by atoms with Crippen molar-refractivity contribution in [3.05, 3.63) is 23.8 Å². The van der Waals surface area contributed by atoms with Gasteiger partial charge in [0.1, 0.15) is 0 Å². The minimum Gasteiger partial charge on any atom is -0.493 e. The number of hydrogen-bond donors (Lipinski definition) is 1. The van der Waals surface area contributed by atoms with Gasteiger partial charge in [-0.3, -0.25) is 0 Å². The number of hydrogen-bond acceptors (Lipinski definition) is 3. The van der Waals surface area contributed by atoms with Crippen LogP contribution in [-0.4, -0.2) is 19.8 Å². The molecule has 0 aliphatic carbocycles. The van der Waals surface area contributed by atoms with Gasteiger partial charge in [-0.1, -0.05) is 52.5 Å². The second-order valence-corrected chi connectivity index (χ2v) is 5.78. The van der Waals surface area contributed by atoms with E-state index >= 15 is 0 Å². The fraction of sp³-hybridized carbons (Fsp3) is 0.667. The number of benzene rings is 1. The van der Waals surface area contributed by atoms with Crippen LogP contribution in [-0.2, 0) is 6.54 Å². The van der Waals surface area contributed by atoms with Crippen molar-refractivity contribution in [3.63, 3.8) is 0 Å². The first-order chi connectivity index (χ1) is 10.2. The molecule has 0 aromatic heterocycles. The van der Waals surface area contributed by atoms with Gasteiger partial charge in [-0.2, -0.15) is 0 Å². The average molecular weight is 293 g/mol. The van der Waals surface area contributed by atoms with Crippen molar-refractivity contribution in [1.82, 2.24) is 5.32 Å². The highest BCUT2D eigenvalue weighted by atomic mass is 16.5. The minimum atomic E-state index is 0.482. The second-order valence-electron chi connectivity index (χ2n) is 5.78. The molecule has 1 aromatic rings. The molecule has 0 spiro atoms. The van der Waals surface area contributed by atoms with Gasteiger partial charge in [-0.15, -0.1) is 0 Å². The molecule has 0 amide bonds. The molecule has 0 fully saturated rings. The molecule has 120 valence electrons. The topological polar surface area (TPSA) is 30.5 Å². The van der Waals surface area contributed by atoms with E-state index in [1.54, 1.807) is 7.11 Å². The SMILES string of the molecule is CCCCCCCOc1ccc(CNC(C)C)cc1OC. The molecule has 0 unspecified atom stereocenters. The molecule has 21 heavy (non-hydrogen) atoms. The molecule has 1 N–H and O–H groups in total. The molecule has 1 rings (SSSR count). The monoisotopic (exact) mass is 293 g/mol. The Hall–Kier alpha value is -1.22. The highest BCUT2D eigenvalue weighted by molar-refractivity contribution is 5.42. The molecular weight excluding hydrogens is 262 g/mol. The van der Waals surface area contributed by atoms with Gasteiger partial charge in [0.15, 0.2) is 11.5 Å². The quantitative estimate of drug-likeness (QED) is 0.607. The molecule has 0 saturated heterocycles. The zero-order chi connectivity index (χ0) is 15.5. The summed E-state index contributed by atoms with van der Waals surface area (Å²) in [5, 5.41) is 3.41. The largest absolute Gasteiger partial charge is 0.493 e. The van der Waals surface area contributed by atoms with Crippen LogP contribution in [0.5, 0.6) is 11.5 Å². The van der Waals surface area contributed by atoms with Crippen LogP contribution in [0.4, 0.5) is 0 Å². The van der Waals surface area contributed by atoms with Crippen LogP contribution in [0, 0.1) is 0 Å². The van der Waals surface area contributed by atoms with E-state index in [1.165, 1.54) is 31.2 Å². The summed E-state index contributed by atoms with van der Waals surface area (Å²) in [6.07, 6.45) is 6.25. The lowest BCUT2D eigenvalue weighted by Gasteiger charge is -2.13. The lowest BCUT2D eigenvalue weighted by atomic mass is 10.1. The first-order valence-corrected chi connectivity index (χ1v) is 8.20. The van der Waals surface area contributed by atoms with E-state index in [-0.39, 0.29) is 0 Å². The van der Waals surface area contributed by atoms with Crippen molar-refractivity contribution in [1.29, 1.82) is 0 Å². The van der Waals surface area contributed by atoms with E-state index in [0.29, 0.717) is 6.04 Å². The van der Waals surface area contributed by atoms with Gasteiger partial charge in [0.05, 0.1) is 13.7 Å². The summed E-state index contributed by atoms with van der Waals surface area (Å²) in [5.41, 5.74) is 1.22. The summed E-state index contributed by atoms with van der Waals surface area (Å²) in [5.74, 6) is 1.67. The van der Waals surface area contributed by atoms with Crippen LogP contribution in [0.2, 0.25) is 0 Å². The summed E-state index contributed by atoms with van der Waals surface area (Å²) in [6, 6.07) is 6.66. The van der Waals surface area contributed by atoms with E-state index in [1.807, 2.05) is 6.07 Å². The Morgan fingerprint density at radius 3 is 2.48 bits per heavy atom. The highest BCUT2D eigenvalue weighted by Crippen LogP contribution is 2.28. The summed E-state index contributed by atoms with van der Waals surface area (Å²) in [4.78, 5) is 0. The zero-order valence-electron chi connectivity index (χ0n) is 14.1.